The number of rotatable bonds is 8. The molecule has 3 aromatic heterocycles. The summed E-state index contributed by atoms with van der Waals surface area (Å²) in [6, 6.07) is 3.80. The molecule has 0 unspecified atom stereocenters. The lowest BCUT2D eigenvalue weighted by Crippen LogP contribution is -2.28. The van der Waals surface area contributed by atoms with Crippen LogP contribution in [0.1, 0.15) is 12.6 Å². The minimum Gasteiger partial charge on any atom is -0.486 e. The second-order valence-electron chi connectivity index (χ2n) is 7.11. The molecule has 0 aliphatic rings. The van der Waals surface area contributed by atoms with Crippen LogP contribution in [0.15, 0.2) is 30.9 Å². The van der Waals surface area contributed by atoms with E-state index in [0.29, 0.717) is 29.7 Å². The minimum atomic E-state index is -0.102. The smallest absolute Gasteiger partial charge is 0.229 e. The molecule has 0 radical (unpaired) electrons. The van der Waals surface area contributed by atoms with Gasteiger partial charge in [0.2, 0.25) is 5.95 Å². The average Bonchev–Trinajstić information content (AvgIpc) is 3.13. The topological polar surface area (TPSA) is 117 Å². The van der Waals surface area contributed by atoms with E-state index in [4.69, 9.17) is 4.74 Å². The van der Waals surface area contributed by atoms with Crippen molar-refractivity contribution in [1.29, 1.82) is 5.26 Å². The average molecular weight is 407 g/mol. The van der Waals surface area contributed by atoms with Crippen LogP contribution >= 0.6 is 0 Å². The van der Waals surface area contributed by atoms with Crippen molar-refractivity contribution in [1.82, 2.24) is 29.6 Å². The van der Waals surface area contributed by atoms with Gasteiger partial charge >= 0.3 is 0 Å². The standard InChI is InChI=1S/C20H25N9O/c1-13(11-28(3)4)30-18-6-15(9-23-17(18)7-21)26-20-24-10-16(19(22-2)27-20)14-8-25-29(5)12-14/h6,8-10,12-13H,11H2,1-5H3,(H2,22,24,26,27)/t13-/m1/s1. The van der Waals surface area contributed by atoms with E-state index in [1.165, 1.54) is 0 Å². The van der Waals surface area contributed by atoms with Crippen LogP contribution in [-0.2, 0) is 7.05 Å². The summed E-state index contributed by atoms with van der Waals surface area (Å²) in [7, 11) is 7.59. The number of aryl methyl sites for hydroxylation is 1. The normalized spacial score (nSPS) is 11.8. The highest BCUT2D eigenvalue weighted by Gasteiger charge is 2.14. The second-order valence-corrected chi connectivity index (χ2v) is 7.11. The Morgan fingerprint density at radius 3 is 2.70 bits per heavy atom. The van der Waals surface area contributed by atoms with E-state index < -0.39 is 0 Å². The molecular formula is C20H25N9O. The lowest BCUT2D eigenvalue weighted by Gasteiger charge is -2.19. The molecule has 3 rings (SSSR count). The van der Waals surface area contributed by atoms with E-state index in [1.54, 1.807) is 36.4 Å². The number of nitrogens with zero attached hydrogens (tertiary/aromatic N) is 7. The number of nitrogens with one attached hydrogen (secondary N) is 2. The molecule has 0 aromatic carbocycles. The lowest BCUT2D eigenvalue weighted by molar-refractivity contribution is 0.176. The highest BCUT2D eigenvalue weighted by molar-refractivity contribution is 5.74. The van der Waals surface area contributed by atoms with Gasteiger partial charge in [-0.25, -0.2) is 9.97 Å². The molecule has 0 saturated carbocycles. The summed E-state index contributed by atoms with van der Waals surface area (Å²) in [6.45, 7) is 2.66. The molecule has 10 heteroatoms. The Balaban J connectivity index is 1.83. The molecule has 2 N–H and O–H groups in total. The summed E-state index contributed by atoms with van der Waals surface area (Å²) in [5.74, 6) is 1.47. The first-order chi connectivity index (χ1) is 14.4. The monoisotopic (exact) mass is 407 g/mol. The van der Waals surface area contributed by atoms with E-state index in [1.807, 2.05) is 39.2 Å². The van der Waals surface area contributed by atoms with Gasteiger partial charge in [-0.1, -0.05) is 0 Å². The van der Waals surface area contributed by atoms with Gasteiger partial charge in [-0.2, -0.15) is 15.3 Å². The van der Waals surface area contributed by atoms with Gasteiger partial charge in [0.1, 0.15) is 18.0 Å². The zero-order valence-corrected chi connectivity index (χ0v) is 17.7. The van der Waals surface area contributed by atoms with Gasteiger partial charge in [-0.05, 0) is 21.0 Å². The summed E-state index contributed by atoms with van der Waals surface area (Å²) < 4.78 is 7.65. The molecule has 156 valence electrons. The molecule has 3 aromatic rings. The molecule has 0 bridgehead atoms. The maximum Gasteiger partial charge on any atom is 0.229 e. The Labute approximate surface area is 175 Å². The van der Waals surface area contributed by atoms with Gasteiger partial charge in [0, 0.05) is 50.2 Å². The Morgan fingerprint density at radius 2 is 2.07 bits per heavy atom. The van der Waals surface area contributed by atoms with Crippen molar-refractivity contribution in [3.05, 3.63) is 36.5 Å². The van der Waals surface area contributed by atoms with Crippen molar-refractivity contribution in [2.24, 2.45) is 7.05 Å². The van der Waals surface area contributed by atoms with Crippen molar-refractivity contribution in [2.45, 2.75) is 13.0 Å². The Kier molecular flexibility index (Phi) is 6.44. The Hall–Kier alpha value is -3.71. The molecular weight excluding hydrogens is 382 g/mol. The Bertz CT molecular complexity index is 1050. The predicted octanol–water partition coefficient (Wildman–Crippen LogP) is 2.26. The first kappa shape index (κ1) is 21.0. The zero-order chi connectivity index (χ0) is 21.7. The van der Waals surface area contributed by atoms with E-state index in [9.17, 15) is 5.26 Å². The maximum atomic E-state index is 9.34. The van der Waals surface area contributed by atoms with E-state index in [2.05, 4.69) is 36.8 Å². The minimum absolute atomic E-state index is 0.102. The molecule has 0 saturated heterocycles. The molecule has 0 aliphatic carbocycles. The van der Waals surface area contributed by atoms with Crippen molar-refractivity contribution in [2.75, 3.05) is 38.3 Å². The van der Waals surface area contributed by atoms with Crippen LogP contribution in [0.4, 0.5) is 17.5 Å². The SMILES string of the molecule is CNc1nc(Nc2cnc(C#N)c(O[C@H](C)CN(C)C)c2)ncc1-c1cnn(C)c1. The Morgan fingerprint density at radius 1 is 1.27 bits per heavy atom. The van der Waals surface area contributed by atoms with Crippen molar-refractivity contribution >= 4 is 17.5 Å². The van der Waals surface area contributed by atoms with Gasteiger partial charge in [0.15, 0.2) is 11.4 Å². The fourth-order valence-corrected chi connectivity index (χ4v) is 2.99. The van der Waals surface area contributed by atoms with Crippen LogP contribution in [0, 0.1) is 11.3 Å². The number of anilines is 3. The van der Waals surface area contributed by atoms with E-state index in [-0.39, 0.29) is 11.8 Å². The third kappa shape index (κ3) is 5.01. The number of likely N-dealkylation sites (N-methyl/N-ethyl adjacent to an activating group) is 1. The lowest BCUT2D eigenvalue weighted by atomic mass is 10.2. The number of aromatic nitrogens is 5. The van der Waals surface area contributed by atoms with Crippen LogP contribution in [0.5, 0.6) is 5.75 Å². The third-order valence-electron chi connectivity index (χ3n) is 4.21. The van der Waals surface area contributed by atoms with Gasteiger partial charge < -0.3 is 20.3 Å². The van der Waals surface area contributed by atoms with Crippen LogP contribution in [0.25, 0.3) is 11.1 Å². The third-order valence-corrected chi connectivity index (χ3v) is 4.21. The van der Waals surface area contributed by atoms with E-state index in [0.717, 1.165) is 11.1 Å². The summed E-state index contributed by atoms with van der Waals surface area (Å²) in [5, 5.41) is 19.7. The highest BCUT2D eigenvalue weighted by Crippen LogP contribution is 2.28. The number of ether oxygens (including phenoxy) is 1. The molecule has 0 fully saturated rings. The van der Waals surface area contributed by atoms with Crippen molar-refractivity contribution < 1.29 is 4.74 Å². The summed E-state index contributed by atoms with van der Waals surface area (Å²) in [4.78, 5) is 15.1. The van der Waals surface area contributed by atoms with Crippen LogP contribution < -0.4 is 15.4 Å². The largest absolute Gasteiger partial charge is 0.486 e. The molecule has 3 heterocycles. The van der Waals surface area contributed by atoms with Gasteiger partial charge in [0.05, 0.1) is 18.1 Å². The van der Waals surface area contributed by atoms with Crippen molar-refractivity contribution in [3.63, 3.8) is 0 Å². The number of hydrogen-bond acceptors (Lipinski definition) is 9. The number of nitriles is 1. The first-order valence-corrected chi connectivity index (χ1v) is 9.42. The van der Waals surface area contributed by atoms with Crippen LogP contribution in [-0.4, -0.2) is 63.4 Å². The molecule has 30 heavy (non-hydrogen) atoms. The van der Waals surface area contributed by atoms with Crippen LogP contribution in [0.2, 0.25) is 0 Å². The quantitative estimate of drug-likeness (QED) is 0.580. The van der Waals surface area contributed by atoms with Gasteiger partial charge in [0.25, 0.3) is 0 Å². The zero-order valence-electron chi connectivity index (χ0n) is 17.7. The fourth-order valence-electron chi connectivity index (χ4n) is 2.99. The van der Waals surface area contributed by atoms with Gasteiger partial charge in [-0.3, -0.25) is 4.68 Å². The fraction of sp³-hybridized carbons (Fsp3) is 0.350. The molecule has 0 aliphatic heterocycles. The summed E-state index contributed by atoms with van der Waals surface area (Å²) in [5.41, 5.74) is 2.61. The maximum absolute atomic E-state index is 9.34. The first-order valence-electron chi connectivity index (χ1n) is 9.42. The molecule has 10 nitrogen and oxygen atoms in total. The van der Waals surface area contributed by atoms with Crippen molar-refractivity contribution in [3.8, 4) is 22.9 Å². The summed E-state index contributed by atoms with van der Waals surface area (Å²) in [6.07, 6.45) is 6.84. The molecule has 1 atom stereocenters. The molecule has 0 amide bonds. The molecule has 0 spiro atoms. The predicted molar refractivity (Wildman–Crippen MR) is 115 cm³/mol. The van der Waals surface area contributed by atoms with Gasteiger partial charge in [-0.15, -0.1) is 0 Å². The summed E-state index contributed by atoms with van der Waals surface area (Å²) >= 11 is 0. The highest BCUT2D eigenvalue weighted by atomic mass is 16.5. The second kappa shape index (κ2) is 9.19. The number of pyridine rings is 1. The number of hydrogen-bond donors (Lipinski definition) is 2. The van der Waals surface area contributed by atoms with Crippen LogP contribution in [0.3, 0.4) is 0 Å². The van der Waals surface area contributed by atoms with E-state index >= 15 is 0 Å².